The number of hydrogen-bond acceptors (Lipinski definition) is 4. The molecule has 6 nitrogen and oxygen atoms in total. The van der Waals surface area contributed by atoms with Crippen LogP contribution in [-0.4, -0.2) is 31.5 Å². The smallest absolute Gasteiger partial charge is 0.322 e. The maximum Gasteiger partial charge on any atom is 0.446 e. The van der Waals surface area contributed by atoms with Crippen molar-refractivity contribution in [3.05, 3.63) is 24.3 Å². The molecule has 0 spiro atoms. The fourth-order valence-corrected chi connectivity index (χ4v) is 2.34. The number of hydrogen-bond donors (Lipinski definition) is 2. The molecule has 0 aliphatic carbocycles. The molecule has 1 unspecified atom stereocenters. The van der Waals surface area contributed by atoms with Crippen LogP contribution in [0.15, 0.2) is 29.2 Å². The summed E-state index contributed by atoms with van der Waals surface area (Å²) in [5.74, 6) is -3.03. The molecule has 0 saturated heterocycles. The molecule has 1 aromatic carbocycles. The summed E-state index contributed by atoms with van der Waals surface area (Å²) in [6, 6.07) is 3.58. The molecule has 1 atom stereocenters. The van der Waals surface area contributed by atoms with Crippen molar-refractivity contribution in [1.29, 1.82) is 0 Å². The van der Waals surface area contributed by atoms with Gasteiger partial charge in [0.2, 0.25) is 5.91 Å². The van der Waals surface area contributed by atoms with Crippen LogP contribution in [0.25, 0.3) is 0 Å². The number of carbonyl (C=O) groups excluding carboxylic acids is 2. The van der Waals surface area contributed by atoms with E-state index in [0.717, 1.165) is 31.2 Å². The number of amides is 2. The molecule has 0 aliphatic heterocycles. The summed E-state index contributed by atoms with van der Waals surface area (Å²) in [6.07, 6.45) is -5.63. The molecular formula is C11H9ClF4N2O4S. The number of sulfonamides is 1. The molecule has 12 heteroatoms. The molecule has 23 heavy (non-hydrogen) atoms. The maximum atomic E-state index is 13.2. The van der Waals surface area contributed by atoms with Gasteiger partial charge in [-0.15, -0.1) is 0 Å². The van der Waals surface area contributed by atoms with Gasteiger partial charge in [0, 0.05) is 12.6 Å². The molecule has 2 amide bonds. The summed E-state index contributed by atoms with van der Waals surface area (Å²) >= 11 is 4.53. The molecule has 0 fully saturated rings. The van der Waals surface area contributed by atoms with Crippen LogP contribution in [0.3, 0.4) is 0 Å². The first-order chi connectivity index (χ1) is 10.3. The Morgan fingerprint density at radius 3 is 1.96 bits per heavy atom. The lowest BCUT2D eigenvalue weighted by Gasteiger charge is -2.20. The van der Waals surface area contributed by atoms with E-state index in [9.17, 15) is 35.6 Å². The van der Waals surface area contributed by atoms with E-state index >= 15 is 0 Å². The van der Waals surface area contributed by atoms with Gasteiger partial charge in [-0.25, -0.2) is 17.5 Å². The minimum Gasteiger partial charge on any atom is -0.322 e. The van der Waals surface area contributed by atoms with E-state index in [0.29, 0.717) is 0 Å². The first-order valence-electron chi connectivity index (χ1n) is 5.67. The normalized spacial score (nSPS) is 14.7. The van der Waals surface area contributed by atoms with Gasteiger partial charge in [-0.05, 0) is 24.3 Å². The van der Waals surface area contributed by atoms with Crippen LogP contribution in [0, 0.1) is 0 Å². The molecule has 1 rings (SSSR count). The van der Waals surface area contributed by atoms with E-state index < -0.39 is 33.1 Å². The van der Waals surface area contributed by atoms with Gasteiger partial charge in [-0.2, -0.15) is 13.2 Å². The van der Waals surface area contributed by atoms with Gasteiger partial charge in [0.05, 0.1) is 4.90 Å². The van der Waals surface area contributed by atoms with E-state index in [1.807, 2.05) is 0 Å². The molecule has 0 heterocycles. The summed E-state index contributed by atoms with van der Waals surface area (Å²) < 4.78 is 74.8. The predicted molar refractivity (Wildman–Crippen MR) is 71.8 cm³/mol. The second-order valence-corrected chi connectivity index (χ2v) is 6.42. The van der Waals surface area contributed by atoms with Gasteiger partial charge in [-0.1, -0.05) is 11.6 Å². The molecule has 1 aromatic rings. The Balaban J connectivity index is 2.95. The van der Waals surface area contributed by atoms with Crippen molar-refractivity contribution in [2.24, 2.45) is 0 Å². The number of carbonyl (C=O) groups is 2. The third-order valence-electron chi connectivity index (χ3n) is 2.34. The van der Waals surface area contributed by atoms with Gasteiger partial charge in [0.1, 0.15) is 0 Å². The zero-order chi connectivity index (χ0) is 18.1. The van der Waals surface area contributed by atoms with E-state index in [1.165, 1.54) is 0 Å². The number of rotatable bonds is 4. The molecular weight excluding hydrogens is 368 g/mol. The molecule has 0 radical (unpaired) electrons. The lowest BCUT2D eigenvalue weighted by Crippen LogP contribution is -2.46. The van der Waals surface area contributed by atoms with Crippen molar-refractivity contribution in [2.75, 3.05) is 5.32 Å². The van der Waals surface area contributed by atoms with Gasteiger partial charge in [0.15, 0.2) is 0 Å². The first kappa shape index (κ1) is 19.2. The van der Waals surface area contributed by atoms with Crippen LogP contribution in [0.1, 0.15) is 6.92 Å². The van der Waals surface area contributed by atoms with Crippen LogP contribution < -0.4 is 10.0 Å². The number of halogens is 5. The Morgan fingerprint density at radius 1 is 1.09 bits per heavy atom. The number of benzene rings is 1. The Kier molecular flexibility index (Phi) is 5.27. The zero-order valence-electron chi connectivity index (χ0n) is 11.2. The van der Waals surface area contributed by atoms with Crippen molar-refractivity contribution in [1.82, 2.24) is 4.72 Å². The molecule has 0 aromatic heterocycles. The van der Waals surface area contributed by atoms with E-state index in [2.05, 4.69) is 11.6 Å². The summed E-state index contributed by atoms with van der Waals surface area (Å²) in [5.41, 5.74) is -0.330. The quantitative estimate of drug-likeness (QED) is 0.620. The lowest BCUT2D eigenvalue weighted by molar-refractivity contribution is -0.197. The summed E-state index contributed by atoms with van der Waals surface area (Å²) in [5, 5.41) is -3.07. The average molecular weight is 377 g/mol. The highest BCUT2D eigenvalue weighted by Gasteiger charge is 2.61. The van der Waals surface area contributed by atoms with E-state index in [4.69, 9.17) is 0 Å². The fourth-order valence-electron chi connectivity index (χ4n) is 1.30. The Morgan fingerprint density at radius 2 is 1.57 bits per heavy atom. The lowest BCUT2D eigenvalue weighted by atomic mass is 10.3. The van der Waals surface area contributed by atoms with Crippen LogP contribution in [0.2, 0.25) is 0 Å². The van der Waals surface area contributed by atoms with Crippen LogP contribution in [-0.2, 0) is 19.6 Å². The van der Waals surface area contributed by atoms with Crippen LogP contribution in [0.5, 0.6) is 0 Å². The van der Waals surface area contributed by atoms with Gasteiger partial charge < -0.3 is 5.32 Å². The molecule has 128 valence electrons. The monoisotopic (exact) mass is 376 g/mol. The fraction of sp³-hybridized carbons (Fsp3) is 0.273. The van der Waals surface area contributed by atoms with Gasteiger partial charge in [-0.3, -0.25) is 9.59 Å². The molecule has 0 saturated carbocycles. The van der Waals surface area contributed by atoms with E-state index in [1.54, 1.807) is 10.0 Å². The second kappa shape index (κ2) is 6.32. The zero-order valence-corrected chi connectivity index (χ0v) is 12.8. The molecule has 2 N–H and O–H groups in total. The van der Waals surface area contributed by atoms with Crippen molar-refractivity contribution in [3.8, 4) is 0 Å². The number of anilines is 1. The highest BCUT2D eigenvalue weighted by atomic mass is 35.5. The predicted octanol–water partition coefficient (Wildman–Crippen LogP) is 1.92. The second-order valence-electron chi connectivity index (χ2n) is 4.21. The Bertz CT molecular complexity index is 717. The van der Waals surface area contributed by atoms with Crippen LogP contribution in [0.4, 0.5) is 23.2 Å². The number of nitrogens with one attached hydrogen (secondary N) is 2. The summed E-state index contributed by atoms with van der Waals surface area (Å²) in [6.45, 7) is 0.963. The van der Waals surface area contributed by atoms with Crippen LogP contribution >= 0.6 is 11.6 Å². The summed E-state index contributed by atoms with van der Waals surface area (Å²) in [4.78, 5) is 21.5. The SMILES string of the molecule is CC(=O)NS(=O)(=O)c1ccc(NC(=O)C(F)(Cl)C(F)(F)F)cc1. The Labute approximate surface area is 132 Å². The van der Waals surface area contributed by atoms with Crippen molar-refractivity contribution < 1.29 is 35.6 Å². The summed E-state index contributed by atoms with van der Waals surface area (Å²) in [7, 11) is -4.15. The minimum atomic E-state index is -5.63. The highest BCUT2D eigenvalue weighted by Crippen LogP contribution is 2.38. The van der Waals surface area contributed by atoms with Gasteiger partial charge in [0.25, 0.3) is 15.9 Å². The topological polar surface area (TPSA) is 92.3 Å². The first-order valence-corrected chi connectivity index (χ1v) is 7.53. The molecule has 0 bridgehead atoms. The number of alkyl halides is 5. The average Bonchev–Trinajstić information content (AvgIpc) is 2.36. The van der Waals surface area contributed by atoms with Crippen molar-refractivity contribution in [3.63, 3.8) is 0 Å². The third-order valence-corrected chi connectivity index (χ3v) is 4.18. The molecule has 0 aliphatic rings. The standard InChI is InChI=1S/C11H9ClF4N2O4S/c1-6(19)18-23(21,22)8-4-2-7(3-5-8)17-9(20)10(12,13)11(14,15)16/h2-5H,1H3,(H,17,20)(H,18,19). The highest BCUT2D eigenvalue weighted by molar-refractivity contribution is 7.90. The Hall–Kier alpha value is -1.88. The maximum absolute atomic E-state index is 13.2. The van der Waals surface area contributed by atoms with E-state index in [-0.39, 0.29) is 10.6 Å². The van der Waals surface area contributed by atoms with Crippen molar-refractivity contribution in [2.45, 2.75) is 23.1 Å². The minimum absolute atomic E-state index is 0.330. The van der Waals surface area contributed by atoms with Gasteiger partial charge >= 0.3 is 11.3 Å². The van der Waals surface area contributed by atoms with Crippen molar-refractivity contribution >= 4 is 39.1 Å². The third kappa shape index (κ3) is 4.55. The largest absolute Gasteiger partial charge is 0.446 e.